The maximum Gasteiger partial charge on any atom is 0.293 e. The normalized spacial score (nSPS) is 28.8. The zero-order valence-electron chi connectivity index (χ0n) is 8.66. The summed E-state index contributed by atoms with van der Waals surface area (Å²) in [6, 6.07) is 0. The molecule has 0 aromatic rings. The highest BCUT2D eigenvalue weighted by Crippen LogP contribution is 2.30. The largest absolute Gasteiger partial charge is 0.465 e. The van der Waals surface area contributed by atoms with E-state index in [1.165, 1.54) is 19.3 Å². The molecule has 0 aromatic carbocycles. The second kappa shape index (κ2) is 5.25. The lowest BCUT2D eigenvalue weighted by Gasteiger charge is -2.28. The summed E-state index contributed by atoms with van der Waals surface area (Å²) in [5.74, 6) is 1.67. The van der Waals surface area contributed by atoms with Gasteiger partial charge in [0.2, 0.25) is 0 Å². The van der Waals surface area contributed by atoms with E-state index in [2.05, 4.69) is 13.8 Å². The van der Waals surface area contributed by atoms with Crippen LogP contribution in [0.2, 0.25) is 0 Å². The zero-order valence-corrected chi connectivity index (χ0v) is 8.66. The van der Waals surface area contributed by atoms with Gasteiger partial charge in [0.15, 0.2) is 0 Å². The topological polar surface area (TPSA) is 26.3 Å². The number of carbonyl (C=O) groups excluding carboxylic acids is 1. The van der Waals surface area contributed by atoms with E-state index < -0.39 is 0 Å². The average molecular weight is 184 g/mol. The Bertz CT molecular complexity index is 146. The van der Waals surface area contributed by atoms with Crippen molar-refractivity contribution in [1.29, 1.82) is 0 Å². The standard InChI is InChI=1S/C11H20O2/c1-9(2)7-10-3-5-11(6-4-10)13-8-12/h8-11H,3-7H2,1-2H3. The van der Waals surface area contributed by atoms with Gasteiger partial charge in [0.25, 0.3) is 6.47 Å². The molecule has 0 aliphatic heterocycles. The third kappa shape index (κ3) is 3.79. The van der Waals surface area contributed by atoms with Crippen molar-refractivity contribution in [2.45, 2.75) is 52.1 Å². The second-order valence-corrected chi connectivity index (χ2v) is 4.50. The Kier molecular flexibility index (Phi) is 4.26. The maximum atomic E-state index is 10.1. The molecule has 1 aliphatic carbocycles. The Morgan fingerprint density at radius 3 is 2.38 bits per heavy atom. The minimum absolute atomic E-state index is 0.209. The third-order valence-electron chi connectivity index (χ3n) is 2.85. The Balaban J connectivity index is 2.18. The van der Waals surface area contributed by atoms with Crippen LogP contribution in [0.1, 0.15) is 46.0 Å². The fraction of sp³-hybridized carbons (Fsp3) is 0.909. The van der Waals surface area contributed by atoms with Gasteiger partial charge in [-0.15, -0.1) is 0 Å². The smallest absolute Gasteiger partial charge is 0.293 e. The van der Waals surface area contributed by atoms with Gasteiger partial charge in [0.05, 0.1) is 0 Å². The Hall–Kier alpha value is -0.530. The minimum atomic E-state index is 0.209. The molecule has 0 amide bonds. The van der Waals surface area contributed by atoms with Crippen LogP contribution in [0, 0.1) is 11.8 Å². The van der Waals surface area contributed by atoms with E-state index in [1.54, 1.807) is 0 Å². The molecule has 2 nitrogen and oxygen atoms in total. The predicted molar refractivity (Wildman–Crippen MR) is 52.4 cm³/mol. The van der Waals surface area contributed by atoms with Gasteiger partial charge in [-0.25, -0.2) is 0 Å². The van der Waals surface area contributed by atoms with Gasteiger partial charge in [0, 0.05) is 0 Å². The van der Waals surface area contributed by atoms with E-state index in [4.69, 9.17) is 4.74 Å². The molecule has 0 spiro atoms. The monoisotopic (exact) mass is 184 g/mol. The molecule has 0 atom stereocenters. The molecule has 1 saturated carbocycles. The van der Waals surface area contributed by atoms with Crippen molar-refractivity contribution in [3.8, 4) is 0 Å². The van der Waals surface area contributed by atoms with Crippen LogP contribution >= 0.6 is 0 Å². The van der Waals surface area contributed by atoms with Crippen LogP contribution in [0.5, 0.6) is 0 Å². The van der Waals surface area contributed by atoms with E-state index >= 15 is 0 Å². The van der Waals surface area contributed by atoms with Crippen molar-refractivity contribution in [2.75, 3.05) is 0 Å². The van der Waals surface area contributed by atoms with Gasteiger partial charge < -0.3 is 4.74 Å². The highest BCUT2D eigenvalue weighted by atomic mass is 16.5. The fourth-order valence-electron chi connectivity index (χ4n) is 2.25. The van der Waals surface area contributed by atoms with Gasteiger partial charge in [-0.05, 0) is 43.9 Å². The summed E-state index contributed by atoms with van der Waals surface area (Å²) >= 11 is 0. The summed E-state index contributed by atoms with van der Waals surface area (Å²) in [5, 5.41) is 0. The highest BCUT2D eigenvalue weighted by Gasteiger charge is 2.22. The molecule has 0 aromatic heterocycles. The molecule has 0 bridgehead atoms. The van der Waals surface area contributed by atoms with Crippen molar-refractivity contribution in [3.63, 3.8) is 0 Å². The number of rotatable bonds is 4. The van der Waals surface area contributed by atoms with Crippen LogP contribution in [-0.2, 0) is 9.53 Å². The first kappa shape index (κ1) is 10.6. The molecule has 1 aliphatic rings. The molecule has 0 unspecified atom stereocenters. The lowest BCUT2D eigenvalue weighted by molar-refractivity contribution is -0.135. The van der Waals surface area contributed by atoms with E-state index in [0.29, 0.717) is 6.47 Å². The molecule has 2 heteroatoms. The van der Waals surface area contributed by atoms with Gasteiger partial charge in [-0.1, -0.05) is 13.8 Å². The number of carbonyl (C=O) groups is 1. The maximum absolute atomic E-state index is 10.1. The molecule has 1 rings (SSSR count). The van der Waals surface area contributed by atoms with E-state index in [9.17, 15) is 4.79 Å². The third-order valence-corrected chi connectivity index (χ3v) is 2.85. The summed E-state index contributed by atoms with van der Waals surface area (Å²) in [6.45, 7) is 5.13. The van der Waals surface area contributed by atoms with Gasteiger partial charge in [-0.2, -0.15) is 0 Å². The van der Waals surface area contributed by atoms with Crippen molar-refractivity contribution < 1.29 is 9.53 Å². The molecule has 0 radical (unpaired) electrons. The minimum Gasteiger partial charge on any atom is -0.465 e. The lowest BCUT2D eigenvalue weighted by atomic mass is 9.82. The number of ether oxygens (including phenoxy) is 1. The number of hydrogen-bond donors (Lipinski definition) is 0. The molecule has 1 fully saturated rings. The average Bonchev–Trinajstić information content (AvgIpc) is 2.08. The molecule has 76 valence electrons. The zero-order chi connectivity index (χ0) is 9.68. The second-order valence-electron chi connectivity index (χ2n) is 4.50. The van der Waals surface area contributed by atoms with E-state index in [-0.39, 0.29) is 6.10 Å². The summed E-state index contributed by atoms with van der Waals surface area (Å²) in [6.07, 6.45) is 6.13. The Morgan fingerprint density at radius 2 is 1.92 bits per heavy atom. The summed E-state index contributed by atoms with van der Waals surface area (Å²) in [4.78, 5) is 10.1. The van der Waals surface area contributed by atoms with Gasteiger partial charge in [-0.3, -0.25) is 4.79 Å². The SMILES string of the molecule is CC(C)CC1CCC(OC=O)CC1. The fourth-order valence-corrected chi connectivity index (χ4v) is 2.25. The molecule has 0 heterocycles. The van der Waals surface area contributed by atoms with Crippen molar-refractivity contribution in [2.24, 2.45) is 11.8 Å². The van der Waals surface area contributed by atoms with Gasteiger partial charge >= 0.3 is 0 Å². The lowest BCUT2D eigenvalue weighted by Crippen LogP contribution is -2.21. The molecule has 13 heavy (non-hydrogen) atoms. The Labute approximate surface area is 80.7 Å². The summed E-state index contributed by atoms with van der Waals surface area (Å²) < 4.78 is 4.96. The van der Waals surface area contributed by atoms with Crippen LogP contribution in [0.3, 0.4) is 0 Å². The van der Waals surface area contributed by atoms with E-state index in [0.717, 1.165) is 24.7 Å². The molecular formula is C11H20O2. The molecular weight excluding hydrogens is 164 g/mol. The van der Waals surface area contributed by atoms with Crippen LogP contribution < -0.4 is 0 Å². The first-order valence-electron chi connectivity index (χ1n) is 5.31. The summed E-state index contributed by atoms with van der Waals surface area (Å²) in [5.41, 5.74) is 0. The quantitative estimate of drug-likeness (QED) is 0.628. The Morgan fingerprint density at radius 1 is 1.31 bits per heavy atom. The summed E-state index contributed by atoms with van der Waals surface area (Å²) in [7, 11) is 0. The van der Waals surface area contributed by atoms with Crippen molar-refractivity contribution >= 4 is 6.47 Å². The van der Waals surface area contributed by atoms with E-state index in [1.807, 2.05) is 0 Å². The van der Waals surface area contributed by atoms with Crippen molar-refractivity contribution in [3.05, 3.63) is 0 Å². The van der Waals surface area contributed by atoms with Crippen LogP contribution in [-0.4, -0.2) is 12.6 Å². The van der Waals surface area contributed by atoms with Gasteiger partial charge in [0.1, 0.15) is 6.10 Å². The van der Waals surface area contributed by atoms with Crippen LogP contribution in [0.15, 0.2) is 0 Å². The van der Waals surface area contributed by atoms with Crippen molar-refractivity contribution in [1.82, 2.24) is 0 Å². The highest BCUT2D eigenvalue weighted by molar-refractivity contribution is 5.37. The predicted octanol–water partition coefficient (Wildman–Crippen LogP) is 2.76. The molecule has 0 N–H and O–H groups in total. The first-order valence-corrected chi connectivity index (χ1v) is 5.31. The molecule has 0 saturated heterocycles. The number of hydrogen-bond acceptors (Lipinski definition) is 2. The first-order chi connectivity index (χ1) is 6.22. The van der Waals surface area contributed by atoms with Crippen LogP contribution in [0.25, 0.3) is 0 Å². The van der Waals surface area contributed by atoms with Crippen LogP contribution in [0.4, 0.5) is 0 Å².